The smallest absolute Gasteiger partial charge is 0.337 e. The molecule has 0 fully saturated rings. The van der Waals surface area contributed by atoms with Crippen LogP contribution in [0.25, 0.3) is 10.8 Å². The maximum absolute atomic E-state index is 12.2. The van der Waals surface area contributed by atoms with Crippen LogP contribution in [0.4, 0.5) is 0 Å². The van der Waals surface area contributed by atoms with E-state index in [0.29, 0.717) is 0 Å². The number of hydrogen-bond donors (Lipinski definition) is 4. The zero-order valence-electron chi connectivity index (χ0n) is 12.9. The number of amides is 1. The van der Waals surface area contributed by atoms with E-state index in [4.69, 9.17) is 5.11 Å². The number of nitrogens with zero attached hydrogens (tertiary/aromatic N) is 1. The maximum atomic E-state index is 12.2. The molecule has 0 bridgehead atoms. The molecule has 0 radical (unpaired) electrons. The fraction of sp³-hybridized carbons (Fsp3) is 0.333. The molecule has 9 heteroatoms. The molecule has 0 aliphatic rings. The molecule has 2 aromatic rings. The Bertz CT molecular complexity index is 896. The molecule has 24 heavy (non-hydrogen) atoms. The first-order valence-corrected chi connectivity index (χ1v) is 7.17. The van der Waals surface area contributed by atoms with E-state index in [1.165, 1.54) is 12.1 Å². The quantitative estimate of drug-likeness (QED) is 0.535. The Hall–Kier alpha value is -2.94. The second kappa shape index (κ2) is 6.67. The summed E-state index contributed by atoms with van der Waals surface area (Å²) in [5, 5.41) is 23.4. The molecule has 0 aliphatic heterocycles. The van der Waals surface area contributed by atoms with Gasteiger partial charge in [0, 0.05) is 6.42 Å². The number of aromatic amines is 1. The molecule has 9 nitrogen and oxygen atoms in total. The molecule has 0 saturated carbocycles. The van der Waals surface area contributed by atoms with Crippen LogP contribution in [0.5, 0.6) is 0 Å². The first kappa shape index (κ1) is 17.4. The van der Waals surface area contributed by atoms with Gasteiger partial charge in [-0.15, -0.1) is 0 Å². The molecular weight excluding hydrogens is 318 g/mol. The lowest BCUT2D eigenvalue weighted by Crippen LogP contribution is -2.46. The highest BCUT2D eigenvalue weighted by molar-refractivity contribution is 5.81. The van der Waals surface area contributed by atoms with Crippen LogP contribution in [-0.2, 0) is 16.1 Å². The predicted molar refractivity (Wildman–Crippen MR) is 84.7 cm³/mol. The SMILES string of the molecule is CC(O)(CNC(=O)CCn1[nH]c(=O)c2ccccc2c1=O)C(=O)O. The van der Waals surface area contributed by atoms with Gasteiger partial charge in [0.15, 0.2) is 5.60 Å². The molecule has 1 unspecified atom stereocenters. The van der Waals surface area contributed by atoms with Gasteiger partial charge in [0.25, 0.3) is 11.1 Å². The first-order chi connectivity index (χ1) is 11.2. The number of fused-ring (bicyclic) bond motifs is 1. The summed E-state index contributed by atoms with van der Waals surface area (Å²) in [7, 11) is 0. The van der Waals surface area contributed by atoms with E-state index in [2.05, 4.69) is 10.4 Å². The van der Waals surface area contributed by atoms with Gasteiger partial charge in [0.1, 0.15) is 0 Å². The third-order valence-corrected chi connectivity index (χ3v) is 3.54. The summed E-state index contributed by atoms with van der Waals surface area (Å²) in [5.41, 5.74) is -2.96. The molecule has 1 amide bonds. The molecule has 1 aromatic carbocycles. The molecule has 0 aliphatic carbocycles. The molecule has 0 saturated heterocycles. The van der Waals surface area contributed by atoms with Gasteiger partial charge < -0.3 is 15.5 Å². The Morgan fingerprint density at radius 1 is 1.25 bits per heavy atom. The fourth-order valence-corrected chi connectivity index (χ4v) is 2.05. The van der Waals surface area contributed by atoms with E-state index < -0.39 is 35.1 Å². The van der Waals surface area contributed by atoms with Gasteiger partial charge in [-0.05, 0) is 19.1 Å². The number of carboxylic acid groups (broad SMARTS) is 1. The van der Waals surface area contributed by atoms with Crippen LogP contribution >= 0.6 is 0 Å². The zero-order valence-corrected chi connectivity index (χ0v) is 12.9. The number of rotatable bonds is 6. The summed E-state index contributed by atoms with van der Waals surface area (Å²) >= 11 is 0. The van der Waals surface area contributed by atoms with E-state index in [1.54, 1.807) is 12.1 Å². The summed E-state index contributed by atoms with van der Waals surface area (Å²) < 4.78 is 1.03. The molecule has 128 valence electrons. The van der Waals surface area contributed by atoms with Crippen molar-refractivity contribution in [3.05, 3.63) is 45.0 Å². The molecule has 2 rings (SSSR count). The van der Waals surface area contributed by atoms with Gasteiger partial charge in [-0.25, -0.2) is 9.48 Å². The molecular formula is C15H17N3O6. The third kappa shape index (κ3) is 3.69. The largest absolute Gasteiger partial charge is 0.479 e. The normalized spacial score (nSPS) is 13.4. The van der Waals surface area contributed by atoms with Gasteiger partial charge in [-0.1, -0.05) is 12.1 Å². The number of aliphatic carboxylic acids is 1. The minimum absolute atomic E-state index is 0.0834. The Morgan fingerprint density at radius 2 is 1.88 bits per heavy atom. The van der Waals surface area contributed by atoms with Crippen molar-refractivity contribution in [2.45, 2.75) is 25.5 Å². The van der Waals surface area contributed by atoms with E-state index in [1.807, 2.05) is 0 Å². The average Bonchev–Trinajstić information content (AvgIpc) is 2.55. The van der Waals surface area contributed by atoms with Gasteiger partial charge >= 0.3 is 5.97 Å². The Labute approximate surface area is 135 Å². The Balaban J connectivity index is 2.07. The van der Waals surface area contributed by atoms with Crippen molar-refractivity contribution in [1.82, 2.24) is 15.1 Å². The third-order valence-electron chi connectivity index (χ3n) is 3.54. The van der Waals surface area contributed by atoms with Gasteiger partial charge in [-0.2, -0.15) is 0 Å². The van der Waals surface area contributed by atoms with Crippen LogP contribution in [0.15, 0.2) is 33.9 Å². The van der Waals surface area contributed by atoms with Crippen LogP contribution in [0, 0.1) is 0 Å². The second-order valence-electron chi connectivity index (χ2n) is 5.55. The van der Waals surface area contributed by atoms with E-state index in [9.17, 15) is 24.3 Å². The number of aromatic nitrogens is 2. The van der Waals surface area contributed by atoms with Crippen molar-refractivity contribution in [3.63, 3.8) is 0 Å². The second-order valence-corrected chi connectivity index (χ2v) is 5.55. The Kier molecular flexibility index (Phi) is 4.84. The summed E-state index contributed by atoms with van der Waals surface area (Å²) in [6.45, 7) is 0.505. The van der Waals surface area contributed by atoms with Crippen LogP contribution in [0.2, 0.25) is 0 Å². The maximum Gasteiger partial charge on any atom is 0.337 e. The van der Waals surface area contributed by atoms with Crippen LogP contribution in [-0.4, -0.2) is 44.0 Å². The highest BCUT2D eigenvalue weighted by Gasteiger charge is 2.30. The minimum Gasteiger partial charge on any atom is -0.479 e. The standard InChI is InChI=1S/C15H17N3O6/c1-15(24,14(22)23)8-16-11(19)6-7-18-13(21)10-5-3-2-4-9(10)12(20)17-18/h2-5,24H,6-8H2,1H3,(H,16,19)(H,17,20)(H,22,23). The summed E-state index contributed by atoms with van der Waals surface area (Å²) in [5.74, 6) is -2.02. The highest BCUT2D eigenvalue weighted by Crippen LogP contribution is 2.03. The fourth-order valence-electron chi connectivity index (χ4n) is 2.05. The molecule has 1 heterocycles. The monoisotopic (exact) mass is 335 g/mol. The first-order valence-electron chi connectivity index (χ1n) is 7.17. The topological polar surface area (TPSA) is 141 Å². The zero-order chi connectivity index (χ0) is 17.9. The molecule has 1 atom stereocenters. The van der Waals surface area contributed by atoms with Crippen molar-refractivity contribution in [2.75, 3.05) is 6.54 Å². The lowest BCUT2D eigenvalue weighted by Gasteiger charge is -2.18. The predicted octanol–water partition coefficient (Wildman–Crippen LogP) is -0.968. The lowest BCUT2D eigenvalue weighted by molar-refractivity contribution is -0.156. The van der Waals surface area contributed by atoms with Crippen molar-refractivity contribution >= 4 is 22.6 Å². The number of carbonyl (C=O) groups is 2. The number of hydrogen-bond acceptors (Lipinski definition) is 5. The lowest BCUT2D eigenvalue weighted by atomic mass is 10.1. The number of carboxylic acids is 1. The molecule has 4 N–H and O–H groups in total. The van der Waals surface area contributed by atoms with Crippen molar-refractivity contribution in [2.24, 2.45) is 0 Å². The van der Waals surface area contributed by atoms with Crippen LogP contribution < -0.4 is 16.4 Å². The number of H-pyrrole nitrogens is 1. The number of carbonyl (C=O) groups excluding carboxylic acids is 1. The van der Waals surface area contributed by atoms with Gasteiger partial charge in [0.2, 0.25) is 5.91 Å². The van der Waals surface area contributed by atoms with Crippen LogP contribution in [0.1, 0.15) is 13.3 Å². The molecule has 1 aromatic heterocycles. The van der Waals surface area contributed by atoms with Crippen molar-refractivity contribution in [3.8, 4) is 0 Å². The van der Waals surface area contributed by atoms with Gasteiger partial charge in [0.05, 0.1) is 23.9 Å². The number of aliphatic hydroxyl groups is 1. The van der Waals surface area contributed by atoms with E-state index in [0.717, 1.165) is 11.6 Å². The summed E-state index contributed by atoms with van der Waals surface area (Å²) in [6, 6.07) is 6.32. The van der Waals surface area contributed by atoms with Crippen molar-refractivity contribution in [1.29, 1.82) is 0 Å². The minimum atomic E-state index is -2.08. The number of benzene rings is 1. The Morgan fingerprint density at radius 3 is 2.50 bits per heavy atom. The summed E-state index contributed by atoms with van der Waals surface area (Å²) in [6.07, 6.45) is -0.163. The van der Waals surface area contributed by atoms with Gasteiger partial charge in [-0.3, -0.25) is 19.5 Å². The van der Waals surface area contributed by atoms with E-state index >= 15 is 0 Å². The van der Waals surface area contributed by atoms with E-state index in [-0.39, 0.29) is 23.7 Å². The molecule has 0 spiro atoms. The summed E-state index contributed by atoms with van der Waals surface area (Å²) in [4.78, 5) is 46.6. The van der Waals surface area contributed by atoms with Crippen LogP contribution in [0.3, 0.4) is 0 Å². The average molecular weight is 335 g/mol. The number of nitrogens with one attached hydrogen (secondary N) is 2. The number of aryl methyl sites for hydroxylation is 1. The van der Waals surface area contributed by atoms with Crippen molar-refractivity contribution < 1.29 is 19.8 Å². The highest BCUT2D eigenvalue weighted by atomic mass is 16.4.